The van der Waals surface area contributed by atoms with Crippen molar-refractivity contribution in [2.45, 2.75) is 0 Å². The molecule has 0 saturated heterocycles. The van der Waals surface area contributed by atoms with E-state index in [1.807, 2.05) is 0 Å². The normalized spacial score (nSPS) is 9.53. The Kier molecular flexibility index (Phi) is 28.3. The molecular formula is C8H16F6N2Pt+2. The van der Waals surface area contributed by atoms with Crippen molar-refractivity contribution in [1.82, 2.24) is 9.80 Å². The Morgan fingerprint density at radius 3 is 0.824 bits per heavy atom. The molecule has 0 aromatic rings. The van der Waals surface area contributed by atoms with Gasteiger partial charge >= 0.3 is 21.1 Å². The first-order valence-electron chi connectivity index (χ1n) is 4.06. The summed E-state index contributed by atoms with van der Waals surface area (Å²) in [5.74, 6) is 0. The van der Waals surface area contributed by atoms with Crippen LogP contribution in [0.2, 0.25) is 0 Å². The second-order valence-electron chi connectivity index (χ2n) is 3.04. The molecule has 0 rings (SSSR count). The van der Waals surface area contributed by atoms with E-state index in [1.165, 1.54) is 0 Å². The third-order valence-electron chi connectivity index (χ3n) is 0.994. The number of hydrogen-bond acceptors (Lipinski definition) is 2. The van der Waals surface area contributed by atoms with Crippen LogP contribution in [-0.4, -0.2) is 51.1 Å². The molecule has 0 atom stereocenters. The molecule has 0 radical (unpaired) electrons. The Morgan fingerprint density at radius 1 is 0.647 bits per heavy atom. The van der Waals surface area contributed by atoms with E-state index in [2.05, 4.69) is 38.0 Å². The van der Waals surface area contributed by atoms with Crippen LogP contribution in [-0.2, 0) is 21.1 Å². The molecule has 0 aliphatic heterocycles. The summed E-state index contributed by atoms with van der Waals surface area (Å²) in [6, 6.07) is 0. The zero-order valence-electron chi connectivity index (χ0n) is 9.89. The van der Waals surface area contributed by atoms with Crippen molar-refractivity contribution in [3.8, 4) is 0 Å². The smallest absolute Gasteiger partial charge is 0.385 e. The van der Waals surface area contributed by atoms with E-state index in [-0.39, 0.29) is 21.1 Å². The van der Waals surface area contributed by atoms with Crippen LogP contribution < -0.4 is 0 Å². The van der Waals surface area contributed by atoms with Gasteiger partial charge in [-0.15, -0.1) is 0 Å². The summed E-state index contributed by atoms with van der Waals surface area (Å²) in [6.07, 6.45) is 0. The Bertz CT molecular complexity index is 107. The SMILES string of the molecule is CN(C)CCN(C)C.F[C-](F)F.F[C-](F)F.[Pt+4]. The molecule has 0 heterocycles. The van der Waals surface area contributed by atoms with Gasteiger partial charge in [0.2, 0.25) is 0 Å². The maximum atomic E-state index is 9.58. The molecule has 108 valence electrons. The minimum absolute atomic E-state index is 0. The Hall–Kier alpha value is 0.188. The summed E-state index contributed by atoms with van der Waals surface area (Å²) < 4.78 is 57.5. The molecule has 0 spiro atoms. The van der Waals surface area contributed by atoms with Crippen LogP contribution in [0.1, 0.15) is 0 Å². The molecule has 0 amide bonds. The first kappa shape index (κ1) is 25.9. The number of halogens is 6. The van der Waals surface area contributed by atoms with Crippen LogP contribution in [0, 0.1) is 13.4 Å². The monoisotopic (exact) mass is 449 g/mol. The zero-order valence-corrected chi connectivity index (χ0v) is 12.2. The van der Waals surface area contributed by atoms with Crippen molar-refractivity contribution in [2.24, 2.45) is 0 Å². The Labute approximate surface area is 112 Å². The summed E-state index contributed by atoms with van der Waals surface area (Å²) in [4.78, 5) is 4.36. The van der Waals surface area contributed by atoms with Crippen molar-refractivity contribution in [3.05, 3.63) is 13.4 Å². The minimum Gasteiger partial charge on any atom is -0.385 e. The van der Waals surface area contributed by atoms with Crippen LogP contribution in [0.25, 0.3) is 0 Å². The average Bonchev–Trinajstić information content (AvgIpc) is 1.98. The van der Waals surface area contributed by atoms with Gasteiger partial charge in [-0.25, -0.2) is 0 Å². The van der Waals surface area contributed by atoms with Crippen LogP contribution in [0.3, 0.4) is 0 Å². The summed E-state index contributed by atoms with van der Waals surface area (Å²) in [6.45, 7) is -3.87. The largest absolute Gasteiger partial charge is 4.00 e. The van der Waals surface area contributed by atoms with Crippen molar-refractivity contribution >= 4 is 0 Å². The van der Waals surface area contributed by atoms with Crippen LogP contribution in [0.15, 0.2) is 0 Å². The topological polar surface area (TPSA) is 6.48 Å². The van der Waals surface area contributed by atoms with Gasteiger partial charge in [-0.2, -0.15) is 0 Å². The zero-order chi connectivity index (χ0) is 13.7. The number of hydrogen-bond donors (Lipinski definition) is 0. The van der Waals surface area contributed by atoms with Crippen LogP contribution >= 0.6 is 0 Å². The van der Waals surface area contributed by atoms with E-state index in [1.54, 1.807) is 0 Å². The van der Waals surface area contributed by atoms with Gasteiger partial charge in [0.25, 0.3) is 0 Å². The molecule has 0 aliphatic carbocycles. The summed E-state index contributed by atoms with van der Waals surface area (Å²) in [5, 5.41) is 0. The molecule has 0 N–H and O–H groups in total. The van der Waals surface area contributed by atoms with Gasteiger partial charge in [-0.1, -0.05) is 0 Å². The second-order valence-corrected chi connectivity index (χ2v) is 3.04. The van der Waals surface area contributed by atoms with Gasteiger partial charge in [-0.05, 0) is 28.2 Å². The molecule has 0 unspecified atom stereocenters. The predicted octanol–water partition coefficient (Wildman–Crippen LogP) is 2.79. The molecule has 0 aromatic heterocycles. The van der Waals surface area contributed by atoms with Gasteiger partial charge in [0.15, 0.2) is 13.4 Å². The molecule has 9 heteroatoms. The van der Waals surface area contributed by atoms with E-state index in [0.717, 1.165) is 13.1 Å². The number of nitrogens with zero attached hydrogens (tertiary/aromatic N) is 2. The predicted molar refractivity (Wildman–Crippen MR) is 50.2 cm³/mol. The fraction of sp³-hybridized carbons (Fsp3) is 0.750. The second kappa shape index (κ2) is 18.6. The van der Waals surface area contributed by atoms with E-state index in [9.17, 15) is 26.3 Å². The molecule has 17 heavy (non-hydrogen) atoms. The van der Waals surface area contributed by atoms with Gasteiger partial charge in [0, 0.05) is 13.1 Å². The fourth-order valence-corrected chi connectivity index (χ4v) is 0.400. The Morgan fingerprint density at radius 2 is 0.765 bits per heavy atom. The maximum Gasteiger partial charge on any atom is 4.00 e. The standard InChI is InChI=1S/C6H16N2.2CF3.Pt/c1-7(2)5-6-8(3)4;2*2-1(3)4;/h5-6H2,1-4H3;;;/q;2*-1;+4. The maximum absolute atomic E-state index is 9.58. The fourth-order valence-electron chi connectivity index (χ4n) is 0.400. The summed E-state index contributed by atoms with van der Waals surface area (Å²) in [5.41, 5.74) is 0. The van der Waals surface area contributed by atoms with Crippen LogP contribution in [0.4, 0.5) is 26.3 Å². The van der Waals surface area contributed by atoms with Gasteiger partial charge < -0.3 is 36.1 Å². The molecule has 0 aromatic carbocycles. The van der Waals surface area contributed by atoms with E-state index in [0.29, 0.717) is 0 Å². The molecule has 0 fully saturated rings. The summed E-state index contributed by atoms with van der Waals surface area (Å²) >= 11 is 0. The quantitative estimate of drug-likeness (QED) is 0.483. The van der Waals surface area contributed by atoms with Crippen molar-refractivity contribution in [3.63, 3.8) is 0 Å². The van der Waals surface area contributed by atoms with Gasteiger partial charge in [0.1, 0.15) is 0 Å². The van der Waals surface area contributed by atoms with Crippen molar-refractivity contribution < 1.29 is 47.4 Å². The molecule has 2 nitrogen and oxygen atoms in total. The van der Waals surface area contributed by atoms with E-state index in [4.69, 9.17) is 0 Å². The molecule has 0 aliphatic rings. The number of likely N-dealkylation sites (N-methyl/N-ethyl adjacent to an activating group) is 2. The third-order valence-corrected chi connectivity index (χ3v) is 0.994. The van der Waals surface area contributed by atoms with Crippen molar-refractivity contribution in [1.29, 1.82) is 0 Å². The molecule has 0 bridgehead atoms. The van der Waals surface area contributed by atoms with Gasteiger partial charge in [0.05, 0.1) is 0 Å². The van der Waals surface area contributed by atoms with Gasteiger partial charge in [-0.3, -0.25) is 0 Å². The van der Waals surface area contributed by atoms with Crippen LogP contribution in [0.5, 0.6) is 0 Å². The molecular weight excluding hydrogens is 433 g/mol. The first-order valence-corrected chi connectivity index (χ1v) is 4.06. The van der Waals surface area contributed by atoms with E-state index >= 15 is 0 Å². The van der Waals surface area contributed by atoms with E-state index < -0.39 is 13.4 Å². The average molecular weight is 449 g/mol. The summed E-state index contributed by atoms with van der Waals surface area (Å²) in [7, 11) is 8.35. The molecule has 0 saturated carbocycles. The minimum atomic E-state index is -3.08. The van der Waals surface area contributed by atoms with Crippen molar-refractivity contribution in [2.75, 3.05) is 41.3 Å². The third kappa shape index (κ3) is 121. The Balaban J connectivity index is -0.0000000806. The number of rotatable bonds is 3. The first-order chi connectivity index (χ1) is 7.09.